The number of nitrogens with one attached hydrogen (secondary N) is 2. The topological polar surface area (TPSA) is 54.3 Å². The number of amides is 1. The highest BCUT2D eigenvalue weighted by Crippen LogP contribution is 2.47. The molecule has 1 aromatic carbocycles. The molecule has 1 aliphatic rings. The lowest BCUT2D eigenvalue weighted by molar-refractivity contribution is -0.116. The summed E-state index contributed by atoms with van der Waals surface area (Å²) in [6, 6.07) is 12.2. The molecule has 3 rings (SSSR count). The summed E-state index contributed by atoms with van der Waals surface area (Å²) in [5, 5.41) is 6.37. The summed E-state index contributed by atoms with van der Waals surface area (Å²) in [4.78, 5) is 11.9. The minimum atomic E-state index is 0.0672. The van der Waals surface area contributed by atoms with Gasteiger partial charge in [0.15, 0.2) is 0 Å². The Bertz CT molecular complexity index is 720. The van der Waals surface area contributed by atoms with Gasteiger partial charge >= 0.3 is 0 Å². The van der Waals surface area contributed by atoms with Gasteiger partial charge in [0, 0.05) is 24.6 Å². The monoisotopic (exact) mass is 340 g/mol. The summed E-state index contributed by atoms with van der Waals surface area (Å²) in [5.74, 6) is 3.93. The van der Waals surface area contributed by atoms with Gasteiger partial charge in [-0.1, -0.05) is 32.9 Å². The Balaban J connectivity index is 1.47. The van der Waals surface area contributed by atoms with Gasteiger partial charge in [0.05, 0.1) is 6.54 Å². The van der Waals surface area contributed by atoms with E-state index in [1.807, 2.05) is 32.0 Å². The Morgan fingerprint density at radius 3 is 2.76 bits per heavy atom. The van der Waals surface area contributed by atoms with Crippen LogP contribution in [0.1, 0.15) is 56.6 Å². The molecule has 1 fully saturated rings. The van der Waals surface area contributed by atoms with E-state index < -0.39 is 0 Å². The maximum Gasteiger partial charge on any atom is 0.224 e. The van der Waals surface area contributed by atoms with Gasteiger partial charge in [-0.05, 0) is 48.1 Å². The zero-order chi connectivity index (χ0) is 17.8. The van der Waals surface area contributed by atoms with Crippen molar-refractivity contribution in [1.29, 1.82) is 0 Å². The maximum absolute atomic E-state index is 11.9. The van der Waals surface area contributed by atoms with Crippen molar-refractivity contribution < 1.29 is 9.21 Å². The van der Waals surface area contributed by atoms with Crippen LogP contribution in [0.25, 0.3) is 0 Å². The third kappa shape index (κ3) is 5.20. The van der Waals surface area contributed by atoms with Crippen LogP contribution in [0.2, 0.25) is 0 Å². The second-order valence-corrected chi connectivity index (χ2v) is 7.57. The van der Waals surface area contributed by atoms with E-state index in [4.69, 9.17) is 4.42 Å². The van der Waals surface area contributed by atoms with E-state index in [-0.39, 0.29) is 5.91 Å². The summed E-state index contributed by atoms with van der Waals surface area (Å²) >= 11 is 0. The van der Waals surface area contributed by atoms with Crippen LogP contribution in [0.4, 0.5) is 5.69 Å². The van der Waals surface area contributed by atoms with E-state index in [0.29, 0.717) is 24.8 Å². The number of benzene rings is 1. The number of furan rings is 1. The molecule has 0 aliphatic heterocycles. The minimum absolute atomic E-state index is 0.0672. The van der Waals surface area contributed by atoms with Crippen LogP contribution in [0, 0.1) is 11.8 Å². The van der Waals surface area contributed by atoms with E-state index in [2.05, 4.69) is 35.8 Å². The zero-order valence-corrected chi connectivity index (χ0v) is 15.3. The van der Waals surface area contributed by atoms with Crippen LogP contribution in [-0.2, 0) is 17.9 Å². The number of carbonyl (C=O) groups excluding carboxylic acids is 1. The molecule has 134 valence electrons. The number of carbonyl (C=O) groups is 1. The van der Waals surface area contributed by atoms with Crippen molar-refractivity contribution in [3.63, 3.8) is 0 Å². The van der Waals surface area contributed by atoms with Crippen LogP contribution in [-0.4, -0.2) is 5.91 Å². The predicted octanol–water partition coefficient (Wildman–Crippen LogP) is 4.68. The van der Waals surface area contributed by atoms with Crippen molar-refractivity contribution in [2.24, 2.45) is 11.8 Å². The third-order valence-electron chi connectivity index (χ3n) is 4.59. The predicted molar refractivity (Wildman–Crippen MR) is 100 cm³/mol. The Labute approximate surface area is 150 Å². The highest BCUT2D eigenvalue weighted by Gasteiger charge is 2.36. The van der Waals surface area contributed by atoms with Crippen LogP contribution >= 0.6 is 0 Å². The fourth-order valence-electron chi connectivity index (χ4n) is 3.08. The van der Waals surface area contributed by atoms with Crippen LogP contribution in [0.15, 0.2) is 40.8 Å². The van der Waals surface area contributed by atoms with Gasteiger partial charge in [0.1, 0.15) is 11.5 Å². The first-order valence-electron chi connectivity index (χ1n) is 9.19. The van der Waals surface area contributed by atoms with Gasteiger partial charge in [0.2, 0.25) is 5.91 Å². The number of rotatable bonds is 8. The first-order valence-corrected chi connectivity index (χ1v) is 9.19. The molecule has 1 heterocycles. The van der Waals surface area contributed by atoms with E-state index in [1.54, 1.807) is 0 Å². The Hall–Kier alpha value is -2.07. The number of hydrogen-bond donors (Lipinski definition) is 2. The van der Waals surface area contributed by atoms with Gasteiger partial charge in [-0.25, -0.2) is 0 Å². The maximum atomic E-state index is 11.9. The fraction of sp³-hybridized carbons (Fsp3) is 0.476. The first-order chi connectivity index (χ1) is 12.0. The van der Waals surface area contributed by atoms with Crippen molar-refractivity contribution in [1.82, 2.24) is 5.32 Å². The summed E-state index contributed by atoms with van der Waals surface area (Å²) in [5.41, 5.74) is 2.00. The fourth-order valence-corrected chi connectivity index (χ4v) is 3.08. The molecule has 1 aliphatic carbocycles. The largest absolute Gasteiger partial charge is 0.464 e. The summed E-state index contributed by atoms with van der Waals surface area (Å²) in [6.45, 7) is 7.81. The van der Waals surface area contributed by atoms with Crippen molar-refractivity contribution in [3.05, 3.63) is 53.5 Å². The molecule has 1 amide bonds. The molecule has 0 spiro atoms. The average Bonchev–Trinajstić information content (AvgIpc) is 3.08. The van der Waals surface area contributed by atoms with Gasteiger partial charge in [-0.15, -0.1) is 0 Å². The first kappa shape index (κ1) is 17.7. The van der Waals surface area contributed by atoms with Gasteiger partial charge < -0.3 is 15.1 Å². The standard InChI is InChI=1S/C21H28N2O2/c1-14(2)9-21(24)23-17-6-4-5-16(11-17)12-22-13-18-7-8-20(25-18)19-10-15(19)3/h4-8,11,14-15,19,22H,9-10,12-13H2,1-3H3,(H,23,24). The molecule has 0 saturated heterocycles. The van der Waals surface area contributed by atoms with Crippen LogP contribution in [0.5, 0.6) is 0 Å². The van der Waals surface area contributed by atoms with Gasteiger partial charge in [-0.3, -0.25) is 4.79 Å². The Morgan fingerprint density at radius 2 is 2.04 bits per heavy atom. The smallest absolute Gasteiger partial charge is 0.224 e. The molecule has 4 nitrogen and oxygen atoms in total. The second kappa shape index (κ2) is 7.87. The van der Waals surface area contributed by atoms with Crippen LogP contribution in [0.3, 0.4) is 0 Å². The molecular formula is C21H28N2O2. The van der Waals surface area contributed by atoms with Gasteiger partial charge in [-0.2, -0.15) is 0 Å². The van der Waals surface area contributed by atoms with E-state index in [9.17, 15) is 4.79 Å². The van der Waals surface area contributed by atoms with E-state index in [0.717, 1.165) is 35.2 Å². The van der Waals surface area contributed by atoms with Crippen molar-refractivity contribution in [2.45, 2.75) is 52.6 Å². The Kier molecular flexibility index (Phi) is 5.59. The normalized spacial score (nSPS) is 19.2. The molecule has 0 bridgehead atoms. The molecular weight excluding hydrogens is 312 g/mol. The SMILES string of the molecule is CC(C)CC(=O)Nc1cccc(CNCc2ccc(C3CC3C)o2)c1. The lowest BCUT2D eigenvalue weighted by Gasteiger charge is -2.09. The van der Waals surface area contributed by atoms with Crippen LogP contribution < -0.4 is 10.6 Å². The molecule has 0 radical (unpaired) electrons. The van der Waals surface area contributed by atoms with Crippen molar-refractivity contribution in [2.75, 3.05) is 5.32 Å². The molecule has 2 N–H and O–H groups in total. The number of hydrogen-bond acceptors (Lipinski definition) is 3. The molecule has 25 heavy (non-hydrogen) atoms. The van der Waals surface area contributed by atoms with Gasteiger partial charge in [0.25, 0.3) is 0 Å². The summed E-state index contributed by atoms with van der Waals surface area (Å²) in [6.07, 6.45) is 1.79. The number of anilines is 1. The van der Waals surface area contributed by atoms with Crippen molar-refractivity contribution in [3.8, 4) is 0 Å². The third-order valence-corrected chi connectivity index (χ3v) is 4.59. The second-order valence-electron chi connectivity index (χ2n) is 7.57. The summed E-state index contributed by atoms with van der Waals surface area (Å²) in [7, 11) is 0. The molecule has 1 saturated carbocycles. The highest BCUT2D eigenvalue weighted by atomic mass is 16.3. The lowest BCUT2D eigenvalue weighted by Crippen LogP contribution is -2.15. The summed E-state index contributed by atoms with van der Waals surface area (Å²) < 4.78 is 5.91. The molecule has 1 aromatic heterocycles. The Morgan fingerprint density at radius 1 is 1.24 bits per heavy atom. The molecule has 2 atom stereocenters. The molecule has 2 unspecified atom stereocenters. The zero-order valence-electron chi connectivity index (χ0n) is 15.3. The highest BCUT2D eigenvalue weighted by molar-refractivity contribution is 5.90. The van der Waals surface area contributed by atoms with E-state index >= 15 is 0 Å². The lowest BCUT2D eigenvalue weighted by atomic mass is 10.1. The molecule has 4 heteroatoms. The quantitative estimate of drug-likeness (QED) is 0.734. The minimum Gasteiger partial charge on any atom is -0.464 e. The molecule has 2 aromatic rings. The average molecular weight is 340 g/mol. The van der Waals surface area contributed by atoms with Crippen molar-refractivity contribution >= 4 is 11.6 Å². The van der Waals surface area contributed by atoms with E-state index in [1.165, 1.54) is 6.42 Å².